The quantitative estimate of drug-likeness (QED) is 0.159. The van der Waals surface area contributed by atoms with Gasteiger partial charge in [0.2, 0.25) is 0 Å². The van der Waals surface area contributed by atoms with Gasteiger partial charge in [-0.15, -0.1) is 0 Å². The molecule has 0 spiro atoms. The Morgan fingerprint density at radius 2 is 1.12 bits per heavy atom. The van der Waals surface area contributed by atoms with Crippen LogP contribution in [0, 0.1) is 34.6 Å². The summed E-state index contributed by atoms with van der Waals surface area (Å²) in [6.07, 6.45) is 2.31. The molecule has 0 amide bonds. The van der Waals surface area contributed by atoms with E-state index in [1.807, 2.05) is 70.2 Å². The molecule has 0 saturated carbocycles. The van der Waals surface area contributed by atoms with Crippen molar-refractivity contribution in [2.24, 2.45) is 0 Å². The summed E-state index contributed by atoms with van der Waals surface area (Å²) in [5.74, 6) is 3.85. The van der Waals surface area contributed by atoms with Crippen LogP contribution in [0.3, 0.4) is 0 Å². The zero-order valence-corrected chi connectivity index (χ0v) is 36.5. The van der Waals surface area contributed by atoms with E-state index < -0.39 is 0 Å². The summed E-state index contributed by atoms with van der Waals surface area (Å²) >= 11 is 13.8. The third kappa shape index (κ3) is 17.1. The van der Waals surface area contributed by atoms with Gasteiger partial charge >= 0.3 is 0 Å². The smallest absolute Gasteiger partial charge is 0.136 e. The molecule has 0 aliphatic rings. The van der Waals surface area contributed by atoms with Crippen molar-refractivity contribution in [3.63, 3.8) is 0 Å². The summed E-state index contributed by atoms with van der Waals surface area (Å²) in [5.41, 5.74) is 5.95. The molecular formula is C40H52Br4O4. The van der Waals surface area contributed by atoms with Gasteiger partial charge < -0.3 is 18.9 Å². The standard InChI is InChI=1S/4C10H13BrO/c1-7(2)12-10-8(3)5-4-6-9(10)11;1-4-12-10-6-7(2)5-9(11)8(10)3;1-3-7-12-10-8(2)5-4-6-9(10)11;1-3-4-12-10-6-8(2)5-9(11)7-10/h4-7H,1-3H3;5-6H,4H2,1-3H3;4-6H,3,7H2,1-2H3;5-7H,3-4H2,1-2H3. The maximum Gasteiger partial charge on any atom is 0.136 e. The second-order valence-electron chi connectivity index (χ2n) is 11.4. The first kappa shape index (κ1) is 44.0. The Morgan fingerprint density at radius 1 is 0.583 bits per heavy atom. The van der Waals surface area contributed by atoms with Gasteiger partial charge in [-0.2, -0.15) is 0 Å². The van der Waals surface area contributed by atoms with Crippen molar-refractivity contribution in [2.75, 3.05) is 19.8 Å². The van der Waals surface area contributed by atoms with Crippen LogP contribution in [0.1, 0.15) is 75.3 Å². The Labute approximate surface area is 323 Å². The van der Waals surface area contributed by atoms with Crippen LogP contribution in [-0.2, 0) is 0 Å². The van der Waals surface area contributed by atoms with Gasteiger partial charge in [-0.1, -0.05) is 70.0 Å². The molecule has 0 atom stereocenters. The van der Waals surface area contributed by atoms with Crippen LogP contribution in [-0.4, -0.2) is 25.9 Å². The van der Waals surface area contributed by atoms with E-state index in [0.29, 0.717) is 0 Å². The van der Waals surface area contributed by atoms with E-state index in [1.54, 1.807) is 0 Å². The molecule has 4 rings (SSSR count). The van der Waals surface area contributed by atoms with E-state index in [2.05, 4.69) is 130 Å². The normalized spacial score (nSPS) is 10.1. The molecule has 48 heavy (non-hydrogen) atoms. The average Bonchev–Trinajstić information content (AvgIpc) is 3.01. The van der Waals surface area contributed by atoms with Crippen LogP contribution < -0.4 is 18.9 Å². The van der Waals surface area contributed by atoms with Gasteiger partial charge in [0.1, 0.15) is 23.0 Å². The maximum absolute atomic E-state index is 5.63. The van der Waals surface area contributed by atoms with Crippen LogP contribution in [0.25, 0.3) is 0 Å². The fourth-order valence-corrected chi connectivity index (χ4v) is 6.38. The highest BCUT2D eigenvalue weighted by Crippen LogP contribution is 2.30. The first-order valence-electron chi connectivity index (χ1n) is 16.3. The summed E-state index contributed by atoms with van der Waals surface area (Å²) in [6.45, 7) is 22.8. The number of ether oxygens (including phenoxy) is 4. The topological polar surface area (TPSA) is 36.9 Å². The minimum Gasteiger partial charge on any atom is -0.494 e. The number of rotatable bonds is 10. The molecule has 0 saturated heterocycles. The fourth-order valence-electron chi connectivity index (χ4n) is 4.10. The number of halogens is 4. The molecule has 4 aromatic rings. The SMILES string of the molecule is CCCOc1c(C)cccc1Br.CCCOc1cc(C)cc(Br)c1.CCOc1cc(C)cc(Br)c1C.Cc1cccc(Br)c1OC(C)C. The summed E-state index contributed by atoms with van der Waals surface area (Å²) < 4.78 is 26.4. The summed E-state index contributed by atoms with van der Waals surface area (Å²) in [5, 5.41) is 0. The molecule has 8 heteroatoms. The van der Waals surface area contributed by atoms with Crippen molar-refractivity contribution in [1.82, 2.24) is 0 Å². The lowest BCUT2D eigenvalue weighted by atomic mass is 10.1. The Kier molecular flexibility index (Phi) is 22.2. The highest BCUT2D eigenvalue weighted by atomic mass is 79.9. The predicted molar refractivity (Wildman–Crippen MR) is 219 cm³/mol. The van der Waals surface area contributed by atoms with Gasteiger partial charge in [0, 0.05) is 14.5 Å². The average molecular weight is 916 g/mol. The van der Waals surface area contributed by atoms with Crippen molar-refractivity contribution >= 4 is 63.7 Å². The number of aryl methyl sites for hydroxylation is 4. The molecule has 0 aliphatic carbocycles. The van der Waals surface area contributed by atoms with Crippen molar-refractivity contribution in [1.29, 1.82) is 0 Å². The van der Waals surface area contributed by atoms with E-state index in [4.69, 9.17) is 18.9 Å². The molecule has 0 heterocycles. The van der Waals surface area contributed by atoms with Gasteiger partial charge in [0.15, 0.2) is 0 Å². The van der Waals surface area contributed by atoms with Crippen LogP contribution in [0.4, 0.5) is 0 Å². The summed E-state index contributed by atoms with van der Waals surface area (Å²) in [4.78, 5) is 0. The lowest BCUT2D eigenvalue weighted by molar-refractivity contribution is 0.239. The number of benzene rings is 4. The first-order valence-corrected chi connectivity index (χ1v) is 19.5. The third-order valence-electron chi connectivity index (χ3n) is 6.36. The van der Waals surface area contributed by atoms with E-state index in [0.717, 1.165) is 79.1 Å². The molecule has 264 valence electrons. The van der Waals surface area contributed by atoms with Crippen LogP contribution in [0.5, 0.6) is 23.0 Å². The largest absolute Gasteiger partial charge is 0.494 e. The number of para-hydroxylation sites is 2. The second kappa shape index (κ2) is 24.2. The minimum atomic E-state index is 0.224. The molecule has 0 fully saturated rings. The van der Waals surface area contributed by atoms with Gasteiger partial charge in [-0.05, 0) is 165 Å². The highest BCUT2D eigenvalue weighted by Gasteiger charge is 2.06. The van der Waals surface area contributed by atoms with Crippen LogP contribution in [0.15, 0.2) is 84.6 Å². The highest BCUT2D eigenvalue weighted by molar-refractivity contribution is 9.11. The Hall–Kier alpha value is -2.00. The third-order valence-corrected chi connectivity index (χ3v) is 8.89. The molecule has 0 aliphatic heterocycles. The monoisotopic (exact) mass is 912 g/mol. The van der Waals surface area contributed by atoms with Crippen LogP contribution >= 0.6 is 63.7 Å². The first-order chi connectivity index (χ1) is 22.7. The number of hydrogen-bond acceptors (Lipinski definition) is 4. The Morgan fingerprint density at radius 3 is 1.62 bits per heavy atom. The summed E-state index contributed by atoms with van der Waals surface area (Å²) in [7, 11) is 0. The maximum atomic E-state index is 5.63. The Bertz CT molecular complexity index is 1460. The molecule has 0 N–H and O–H groups in total. The van der Waals surface area contributed by atoms with Crippen molar-refractivity contribution in [3.05, 3.63) is 112 Å². The van der Waals surface area contributed by atoms with Gasteiger partial charge in [0.05, 0.1) is 34.9 Å². The van der Waals surface area contributed by atoms with E-state index >= 15 is 0 Å². The second-order valence-corrected chi connectivity index (χ2v) is 14.9. The lowest BCUT2D eigenvalue weighted by Crippen LogP contribution is -2.06. The van der Waals surface area contributed by atoms with E-state index in [-0.39, 0.29) is 6.10 Å². The number of hydrogen-bond donors (Lipinski definition) is 0. The molecule has 4 nitrogen and oxygen atoms in total. The zero-order chi connectivity index (χ0) is 36.2. The summed E-state index contributed by atoms with van der Waals surface area (Å²) in [6, 6.07) is 22.4. The molecule has 0 bridgehead atoms. The van der Waals surface area contributed by atoms with Crippen molar-refractivity contribution in [2.45, 2.75) is 88.2 Å². The Balaban J connectivity index is 0.000000320. The predicted octanol–water partition coefficient (Wildman–Crippen LogP) is 14.1. The van der Waals surface area contributed by atoms with Crippen LogP contribution in [0.2, 0.25) is 0 Å². The zero-order valence-electron chi connectivity index (χ0n) is 30.1. The molecule has 0 radical (unpaired) electrons. The van der Waals surface area contributed by atoms with Gasteiger partial charge in [-0.3, -0.25) is 0 Å². The van der Waals surface area contributed by atoms with E-state index in [1.165, 1.54) is 22.3 Å². The molecular weight excluding hydrogens is 864 g/mol. The molecule has 0 aromatic heterocycles. The van der Waals surface area contributed by atoms with E-state index in [9.17, 15) is 0 Å². The van der Waals surface area contributed by atoms with Crippen molar-refractivity contribution in [3.8, 4) is 23.0 Å². The lowest BCUT2D eigenvalue weighted by Gasteiger charge is -2.13. The van der Waals surface area contributed by atoms with Crippen molar-refractivity contribution < 1.29 is 18.9 Å². The van der Waals surface area contributed by atoms with Gasteiger partial charge in [0.25, 0.3) is 0 Å². The van der Waals surface area contributed by atoms with Gasteiger partial charge in [-0.25, -0.2) is 0 Å². The minimum absolute atomic E-state index is 0.224. The molecule has 0 unspecified atom stereocenters. The molecule has 4 aromatic carbocycles. The fraction of sp³-hybridized carbons (Fsp3) is 0.400.